The van der Waals surface area contributed by atoms with Gasteiger partial charge in [0.05, 0.1) is 33.4 Å². The van der Waals surface area contributed by atoms with Crippen molar-refractivity contribution in [2.24, 2.45) is 5.92 Å². The Morgan fingerprint density at radius 2 is 1.78 bits per heavy atom. The van der Waals surface area contributed by atoms with E-state index < -0.39 is 17.9 Å². The SMILES string of the molecule is C=CCOC[C@H](C)Oc1cc([C@@H](C(=O)N2CCCC[C@H]2C(=O)O)C2CCCCC2)cc(OC)c1OC. The number of carboxylic acids is 1. The standard InChI is InChI=1S/C28H41NO7/c1-5-15-35-18-19(2)36-24-17-21(16-23(33-3)26(24)34-4)25(20-11-7-6-8-12-20)27(30)29-14-10-9-13-22(29)28(31)32/h5,16-17,19-20,22,25H,1,6-15,18H2,2-4H3,(H,31,32)/t19-,22-,25-/m0/s1. The number of piperidine rings is 1. The molecule has 1 heterocycles. The van der Waals surface area contributed by atoms with Crippen molar-refractivity contribution in [1.82, 2.24) is 4.90 Å². The van der Waals surface area contributed by atoms with Gasteiger partial charge in [-0.25, -0.2) is 4.79 Å². The van der Waals surface area contributed by atoms with Crippen molar-refractivity contribution in [3.63, 3.8) is 0 Å². The van der Waals surface area contributed by atoms with Gasteiger partial charge in [0.25, 0.3) is 0 Å². The second-order valence-corrected chi connectivity index (χ2v) is 9.77. The summed E-state index contributed by atoms with van der Waals surface area (Å²) in [4.78, 5) is 27.7. The van der Waals surface area contributed by atoms with Crippen molar-refractivity contribution in [2.75, 3.05) is 34.0 Å². The number of hydrogen-bond acceptors (Lipinski definition) is 6. The molecule has 1 N–H and O–H groups in total. The van der Waals surface area contributed by atoms with E-state index in [1.807, 2.05) is 19.1 Å². The highest BCUT2D eigenvalue weighted by Gasteiger charge is 2.40. The molecule has 0 bridgehead atoms. The third kappa shape index (κ3) is 6.72. The predicted molar refractivity (Wildman–Crippen MR) is 137 cm³/mol. The summed E-state index contributed by atoms with van der Waals surface area (Å²) in [6.45, 7) is 6.81. The Morgan fingerprint density at radius 3 is 2.42 bits per heavy atom. The number of likely N-dealkylation sites (tertiary alicyclic amines) is 1. The van der Waals surface area contributed by atoms with Crippen molar-refractivity contribution in [2.45, 2.75) is 76.4 Å². The molecule has 3 rings (SSSR count). The van der Waals surface area contributed by atoms with Crippen LogP contribution in [0.2, 0.25) is 0 Å². The fourth-order valence-corrected chi connectivity index (χ4v) is 5.50. The molecule has 0 aromatic heterocycles. The molecule has 1 amide bonds. The zero-order valence-corrected chi connectivity index (χ0v) is 21.9. The first-order valence-electron chi connectivity index (χ1n) is 13.1. The highest BCUT2D eigenvalue weighted by atomic mass is 16.6. The minimum atomic E-state index is -0.935. The molecular weight excluding hydrogens is 462 g/mol. The fraction of sp³-hybridized carbons (Fsp3) is 0.643. The van der Waals surface area contributed by atoms with Gasteiger partial charge in [-0.15, -0.1) is 6.58 Å². The van der Waals surface area contributed by atoms with E-state index in [9.17, 15) is 14.7 Å². The van der Waals surface area contributed by atoms with Crippen LogP contribution in [0.4, 0.5) is 0 Å². The first kappa shape index (κ1) is 27.8. The Bertz CT molecular complexity index is 896. The molecule has 2 aliphatic rings. The Balaban J connectivity index is 2.01. The lowest BCUT2D eigenvalue weighted by Gasteiger charge is -2.39. The molecule has 1 saturated heterocycles. The maximum Gasteiger partial charge on any atom is 0.326 e. The molecular formula is C28H41NO7. The third-order valence-electron chi connectivity index (χ3n) is 7.20. The van der Waals surface area contributed by atoms with Crippen LogP contribution in [0.15, 0.2) is 24.8 Å². The van der Waals surface area contributed by atoms with Crippen LogP contribution in [0, 0.1) is 5.92 Å². The van der Waals surface area contributed by atoms with Crippen LogP contribution in [-0.4, -0.2) is 68.0 Å². The Labute approximate surface area is 214 Å². The summed E-state index contributed by atoms with van der Waals surface area (Å²) < 4.78 is 23.0. The van der Waals surface area contributed by atoms with Crippen LogP contribution in [-0.2, 0) is 14.3 Å². The summed E-state index contributed by atoms with van der Waals surface area (Å²) in [6, 6.07) is 2.93. The number of benzene rings is 1. The molecule has 1 aliphatic carbocycles. The van der Waals surface area contributed by atoms with Crippen LogP contribution in [0.1, 0.15) is 69.8 Å². The van der Waals surface area contributed by atoms with Crippen molar-refractivity contribution in [3.8, 4) is 17.2 Å². The minimum absolute atomic E-state index is 0.116. The van der Waals surface area contributed by atoms with E-state index in [2.05, 4.69) is 6.58 Å². The maximum absolute atomic E-state index is 14.1. The average molecular weight is 504 g/mol. The van der Waals surface area contributed by atoms with Gasteiger partial charge in [-0.1, -0.05) is 25.3 Å². The highest BCUT2D eigenvalue weighted by Crippen LogP contribution is 2.45. The first-order chi connectivity index (χ1) is 17.4. The molecule has 200 valence electrons. The summed E-state index contributed by atoms with van der Waals surface area (Å²) in [6.07, 6.45) is 8.66. The van der Waals surface area contributed by atoms with Crippen molar-refractivity contribution >= 4 is 11.9 Å². The van der Waals surface area contributed by atoms with Gasteiger partial charge in [-0.2, -0.15) is 0 Å². The molecule has 2 fully saturated rings. The van der Waals surface area contributed by atoms with Gasteiger partial charge in [-0.05, 0) is 62.6 Å². The maximum atomic E-state index is 14.1. The van der Waals surface area contributed by atoms with Gasteiger partial charge >= 0.3 is 5.97 Å². The van der Waals surface area contributed by atoms with Gasteiger partial charge < -0.3 is 29.0 Å². The van der Waals surface area contributed by atoms with Gasteiger partial charge in [0.2, 0.25) is 11.7 Å². The molecule has 0 spiro atoms. The number of nitrogens with zero attached hydrogens (tertiary/aromatic N) is 1. The van der Waals surface area contributed by atoms with E-state index >= 15 is 0 Å². The van der Waals surface area contributed by atoms with E-state index in [0.29, 0.717) is 43.4 Å². The van der Waals surface area contributed by atoms with E-state index in [1.54, 1.807) is 25.2 Å². The van der Waals surface area contributed by atoms with Crippen molar-refractivity contribution in [3.05, 3.63) is 30.4 Å². The van der Waals surface area contributed by atoms with Crippen molar-refractivity contribution in [1.29, 1.82) is 0 Å². The van der Waals surface area contributed by atoms with Crippen molar-refractivity contribution < 1.29 is 33.6 Å². The molecule has 1 aromatic rings. The number of carbonyl (C=O) groups excluding carboxylic acids is 1. The summed E-state index contributed by atoms with van der Waals surface area (Å²) in [7, 11) is 3.11. The average Bonchev–Trinajstić information content (AvgIpc) is 2.89. The quantitative estimate of drug-likeness (QED) is 0.323. The third-order valence-corrected chi connectivity index (χ3v) is 7.20. The number of rotatable bonds is 12. The second kappa shape index (κ2) is 13.5. The minimum Gasteiger partial charge on any atom is -0.493 e. The van der Waals surface area contributed by atoms with Crippen LogP contribution in [0.25, 0.3) is 0 Å². The van der Waals surface area contributed by atoms with Crippen LogP contribution >= 0.6 is 0 Å². The summed E-state index contributed by atoms with van der Waals surface area (Å²) in [5.74, 6) is 0.00852. The molecule has 8 heteroatoms. The normalized spacial score (nSPS) is 20.3. The van der Waals surface area contributed by atoms with E-state index in [1.165, 1.54) is 0 Å². The molecule has 0 unspecified atom stereocenters. The number of carboxylic acid groups (broad SMARTS) is 1. The summed E-state index contributed by atoms with van der Waals surface area (Å²) >= 11 is 0. The van der Waals surface area contributed by atoms with Crippen LogP contribution in [0.5, 0.6) is 17.2 Å². The van der Waals surface area contributed by atoms with E-state index in [0.717, 1.165) is 50.5 Å². The lowest BCUT2D eigenvalue weighted by atomic mass is 9.75. The number of methoxy groups -OCH3 is 2. The number of aliphatic carboxylic acids is 1. The van der Waals surface area contributed by atoms with Crippen LogP contribution in [0.3, 0.4) is 0 Å². The van der Waals surface area contributed by atoms with E-state index in [-0.39, 0.29) is 17.9 Å². The number of hydrogen-bond donors (Lipinski definition) is 1. The number of amides is 1. The zero-order chi connectivity index (χ0) is 26.1. The Morgan fingerprint density at radius 1 is 1.08 bits per heavy atom. The number of ether oxygens (including phenoxy) is 4. The molecule has 3 atom stereocenters. The Kier molecular flexibility index (Phi) is 10.5. The summed E-state index contributed by atoms with van der Waals surface area (Å²) in [5.41, 5.74) is 0.772. The molecule has 1 aromatic carbocycles. The smallest absolute Gasteiger partial charge is 0.326 e. The topological polar surface area (TPSA) is 94.5 Å². The molecule has 1 saturated carbocycles. The monoisotopic (exact) mass is 503 g/mol. The van der Waals surface area contributed by atoms with Gasteiger partial charge in [0, 0.05) is 6.54 Å². The van der Waals surface area contributed by atoms with E-state index in [4.69, 9.17) is 18.9 Å². The second-order valence-electron chi connectivity index (χ2n) is 9.77. The van der Waals surface area contributed by atoms with Crippen LogP contribution < -0.4 is 14.2 Å². The summed E-state index contributed by atoms with van der Waals surface area (Å²) in [5, 5.41) is 9.83. The molecule has 36 heavy (non-hydrogen) atoms. The Hall–Kier alpha value is -2.74. The van der Waals surface area contributed by atoms with Gasteiger partial charge in [0.15, 0.2) is 11.5 Å². The lowest BCUT2D eigenvalue weighted by molar-refractivity contribution is -0.153. The molecule has 0 radical (unpaired) electrons. The van der Waals surface area contributed by atoms with Gasteiger partial charge in [0.1, 0.15) is 12.1 Å². The zero-order valence-electron chi connectivity index (χ0n) is 21.9. The first-order valence-corrected chi connectivity index (χ1v) is 13.1. The largest absolute Gasteiger partial charge is 0.493 e. The highest BCUT2D eigenvalue weighted by molar-refractivity contribution is 5.89. The lowest BCUT2D eigenvalue weighted by Crippen LogP contribution is -2.50. The van der Waals surface area contributed by atoms with Gasteiger partial charge in [-0.3, -0.25) is 4.79 Å². The predicted octanol–water partition coefficient (Wildman–Crippen LogP) is 4.80. The number of carbonyl (C=O) groups is 2. The molecule has 8 nitrogen and oxygen atoms in total. The molecule has 1 aliphatic heterocycles. The fourth-order valence-electron chi connectivity index (χ4n) is 5.50.